The Morgan fingerprint density at radius 3 is 2.65 bits per heavy atom. The number of nitrogens with one attached hydrogen (secondary N) is 2. The zero-order valence-electron chi connectivity index (χ0n) is 18.6. The van der Waals surface area contributed by atoms with E-state index in [1.807, 2.05) is 6.92 Å². The molecule has 34 heavy (non-hydrogen) atoms. The summed E-state index contributed by atoms with van der Waals surface area (Å²) in [5.41, 5.74) is 2.11. The lowest BCUT2D eigenvalue weighted by Crippen LogP contribution is -2.47. The van der Waals surface area contributed by atoms with Crippen LogP contribution in [0.4, 0.5) is 0 Å². The summed E-state index contributed by atoms with van der Waals surface area (Å²) in [5, 5.41) is 23.4. The number of hydrogen-bond acceptors (Lipinski definition) is 6. The molecule has 0 aliphatic carbocycles. The summed E-state index contributed by atoms with van der Waals surface area (Å²) in [4.78, 5) is 39.3. The number of aryl methyl sites for hydroxylation is 1. The molecule has 0 bridgehead atoms. The number of hydrogen-bond donors (Lipinski definition) is 4. The Bertz CT molecular complexity index is 1440. The number of carboxylic acid groups (broad SMARTS) is 1. The topological polar surface area (TPSA) is 142 Å². The molecule has 4 N–H and O–H groups in total. The number of carbonyl (C=O) groups is 2. The van der Waals surface area contributed by atoms with Gasteiger partial charge < -0.3 is 29.7 Å². The van der Waals surface area contributed by atoms with Crippen molar-refractivity contribution in [1.29, 1.82) is 0 Å². The van der Waals surface area contributed by atoms with Gasteiger partial charge in [-0.1, -0.05) is 6.92 Å². The number of aromatic hydroxyl groups is 1. The van der Waals surface area contributed by atoms with Crippen LogP contribution < -0.4 is 15.7 Å². The molecular weight excluding hydrogens is 440 g/mol. The standard InChI is InChI=1S/C25H24N2O7/c1-3-14-9-23(29)34-22-11-17(5-6-18(14)22)33-13(2)24(30)27-21(25(31)32)8-15-12-26-20-7-4-16(28)10-19(15)20/h4-7,9-13,21,26,28H,3,8H2,1-2H3,(H,27,30)(H,31,32)/t13-,21+/m1/s1. The molecule has 0 unspecified atom stereocenters. The predicted molar refractivity (Wildman–Crippen MR) is 125 cm³/mol. The predicted octanol–water partition coefficient (Wildman–Crippen LogP) is 3.12. The first-order chi connectivity index (χ1) is 16.2. The Labute approximate surface area is 194 Å². The maximum absolute atomic E-state index is 12.7. The van der Waals surface area contributed by atoms with E-state index in [2.05, 4.69) is 10.3 Å². The highest BCUT2D eigenvalue weighted by Gasteiger charge is 2.25. The minimum absolute atomic E-state index is 0.0121. The number of phenols is 1. The van der Waals surface area contributed by atoms with Gasteiger partial charge in [0.15, 0.2) is 6.10 Å². The first kappa shape index (κ1) is 22.9. The van der Waals surface area contributed by atoms with Gasteiger partial charge in [0.25, 0.3) is 5.91 Å². The van der Waals surface area contributed by atoms with Crippen LogP contribution in [0.25, 0.3) is 21.9 Å². The molecule has 0 saturated heterocycles. The van der Waals surface area contributed by atoms with E-state index in [0.29, 0.717) is 28.7 Å². The average Bonchev–Trinajstić information content (AvgIpc) is 3.19. The molecule has 9 nitrogen and oxygen atoms in total. The smallest absolute Gasteiger partial charge is 0.336 e. The van der Waals surface area contributed by atoms with E-state index in [4.69, 9.17) is 9.15 Å². The molecule has 1 amide bonds. The normalized spacial score (nSPS) is 13.0. The van der Waals surface area contributed by atoms with Crippen LogP contribution in [-0.4, -0.2) is 39.2 Å². The average molecular weight is 464 g/mol. The van der Waals surface area contributed by atoms with Gasteiger partial charge in [0.05, 0.1) is 0 Å². The molecule has 0 spiro atoms. The Hall–Kier alpha value is -4.27. The second-order valence-electron chi connectivity index (χ2n) is 8.01. The molecule has 176 valence electrons. The van der Waals surface area contributed by atoms with Crippen molar-refractivity contribution in [2.45, 2.75) is 38.8 Å². The van der Waals surface area contributed by atoms with E-state index < -0.39 is 29.6 Å². The number of carbonyl (C=O) groups excluding carboxylic acids is 1. The van der Waals surface area contributed by atoms with Gasteiger partial charge in [-0.25, -0.2) is 9.59 Å². The maximum atomic E-state index is 12.7. The first-order valence-electron chi connectivity index (χ1n) is 10.8. The van der Waals surface area contributed by atoms with Gasteiger partial charge in [0.2, 0.25) is 0 Å². The van der Waals surface area contributed by atoms with Gasteiger partial charge in [-0.15, -0.1) is 0 Å². The molecule has 0 fully saturated rings. The van der Waals surface area contributed by atoms with Crippen molar-refractivity contribution in [2.75, 3.05) is 0 Å². The number of rotatable bonds is 8. The van der Waals surface area contributed by atoms with Crippen molar-refractivity contribution in [3.05, 3.63) is 70.2 Å². The Balaban J connectivity index is 1.48. The molecule has 0 saturated carbocycles. The SMILES string of the molecule is CCc1cc(=O)oc2cc(O[C@H](C)C(=O)N[C@@H](Cc3c[nH]c4ccc(O)cc34)C(=O)O)ccc12. The van der Waals surface area contributed by atoms with Crippen molar-refractivity contribution in [2.24, 2.45) is 0 Å². The van der Waals surface area contributed by atoms with E-state index in [1.165, 1.54) is 31.2 Å². The second-order valence-corrected chi connectivity index (χ2v) is 8.01. The number of aromatic amines is 1. The molecule has 2 atom stereocenters. The highest BCUT2D eigenvalue weighted by Crippen LogP contribution is 2.25. The fourth-order valence-corrected chi connectivity index (χ4v) is 3.88. The van der Waals surface area contributed by atoms with E-state index in [1.54, 1.807) is 24.4 Å². The van der Waals surface area contributed by atoms with Gasteiger partial charge in [-0.2, -0.15) is 0 Å². The van der Waals surface area contributed by atoms with Crippen LogP contribution in [0.3, 0.4) is 0 Å². The van der Waals surface area contributed by atoms with Crippen molar-refractivity contribution in [3.8, 4) is 11.5 Å². The van der Waals surface area contributed by atoms with Crippen molar-refractivity contribution >= 4 is 33.7 Å². The lowest BCUT2D eigenvalue weighted by atomic mass is 10.0. The number of H-pyrrole nitrogens is 1. The minimum atomic E-state index is -1.21. The number of amides is 1. The summed E-state index contributed by atoms with van der Waals surface area (Å²) in [6.45, 7) is 3.43. The maximum Gasteiger partial charge on any atom is 0.336 e. The number of carboxylic acids is 1. The van der Waals surface area contributed by atoms with Gasteiger partial charge in [0, 0.05) is 41.0 Å². The molecule has 2 heterocycles. The summed E-state index contributed by atoms with van der Waals surface area (Å²) in [6.07, 6.45) is 1.32. The van der Waals surface area contributed by atoms with E-state index in [0.717, 1.165) is 16.5 Å². The molecule has 2 aromatic heterocycles. The van der Waals surface area contributed by atoms with Gasteiger partial charge >= 0.3 is 11.6 Å². The van der Waals surface area contributed by atoms with Crippen LogP contribution >= 0.6 is 0 Å². The monoisotopic (exact) mass is 464 g/mol. The Kier molecular flexibility index (Phi) is 6.27. The first-order valence-corrected chi connectivity index (χ1v) is 10.8. The summed E-state index contributed by atoms with van der Waals surface area (Å²) >= 11 is 0. The van der Waals surface area contributed by atoms with Crippen LogP contribution in [0.1, 0.15) is 25.0 Å². The molecule has 4 rings (SSSR count). The molecule has 0 aliphatic rings. The van der Waals surface area contributed by atoms with E-state index >= 15 is 0 Å². The van der Waals surface area contributed by atoms with E-state index in [-0.39, 0.29) is 12.2 Å². The number of fused-ring (bicyclic) bond motifs is 2. The molecule has 4 aromatic rings. The molecule has 0 aliphatic heterocycles. The van der Waals surface area contributed by atoms with Gasteiger partial charge in [-0.05, 0) is 54.8 Å². The van der Waals surface area contributed by atoms with Crippen LogP contribution in [-0.2, 0) is 22.4 Å². The largest absolute Gasteiger partial charge is 0.508 e. The molecular formula is C25H24N2O7. The highest BCUT2D eigenvalue weighted by molar-refractivity contribution is 5.89. The third-order valence-electron chi connectivity index (χ3n) is 5.65. The number of benzene rings is 2. The highest BCUT2D eigenvalue weighted by atomic mass is 16.5. The number of aliphatic carboxylic acids is 1. The fourth-order valence-electron chi connectivity index (χ4n) is 3.88. The summed E-state index contributed by atoms with van der Waals surface area (Å²) in [6, 6.07) is 9.94. The second kappa shape index (κ2) is 9.30. The Morgan fingerprint density at radius 2 is 1.91 bits per heavy atom. The van der Waals surface area contributed by atoms with Gasteiger partial charge in [-0.3, -0.25) is 4.79 Å². The molecule has 9 heteroatoms. The van der Waals surface area contributed by atoms with Crippen LogP contribution in [0, 0.1) is 0 Å². The lowest BCUT2D eigenvalue weighted by molar-refractivity contribution is -0.142. The number of aromatic nitrogens is 1. The van der Waals surface area contributed by atoms with Crippen molar-refractivity contribution < 1.29 is 29.0 Å². The number of ether oxygens (including phenoxy) is 1. The summed E-state index contributed by atoms with van der Waals surface area (Å²) in [5.74, 6) is -1.44. The van der Waals surface area contributed by atoms with Crippen molar-refractivity contribution in [3.63, 3.8) is 0 Å². The molecule has 2 aromatic carbocycles. The lowest BCUT2D eigenvalue weighted by Gasteiger charge is -2.19. The summed E-state index contributed by atoms with van der Waals surface area (Å²) in [7, 11) is 0. The van der Waals surface area contributed by atoms with E-state index in [9.17, 15) is 24.6 Å². The third-order valence-corrected chi connectivity index (χ3v) is 5.65. The van der Waals surface area contributed by atoms with Crippen LogP contribution in [0.5, 0.6) is 11.5 Å². The zero-order chi connectivity index (χ0) is 24.4. The fraction of sp³-hybridized carbons (Fsp3) is 0.240. The zero-order valence-corrected chi connectivity index (χ0v) is 18.6. The third kappa shape index (κ3) is 4.73. The summed E-state index contributed by atoms with van der Waals surface area (Å²) < 4.78 is 10.9. The Morgan fingerprint density at radius 1 is 1.12 bits per heavy atom. The quantitative estimate of drug-likeness (QED) is 0.294. The number of phenolic OH excluding ortho intramolecular Hbond substituents is 1. The van der Waals surface area contributed by atoms with Crippen molar-refractivity contribution in [1.82, 2.24) is 10.3 Å². The van der Waals surface area contributed by atoms with Gasteiger partial charge in [0.1, 0.15) is 23.1 Å². The minimum Gasteiger partial charge on any atom is -0.508 e. The van der Waals surface area contributed by atoms with Crippen LogP contribution in [0.15, 0.2) is 57.9 Å². The molecule has 0 radical (unpaired) electrons. The van der Waals surface area contributed by atoms with Crippen LogP contribution in [0.2, 0.25) is 0 Å².